The van der Waals surface area contributed by atoms with Crippen LogP contribution < -0.4 is 0 Å². The Hall–Kier alpha value is -2.02. The highest BCUT2D eigenvalue weighted by molar-refractivity contribution is 5.85. The highest BCUT2D eigenvalue weighted by Crippen LogP contribution is 2.31. The second kappa shape index (κ2) is 7.84. The molecule has 0 spiro atoms. The highest BCUT2D eigenvalue weighted by atomic mass is 35.5. The van der Waals surface area contributed by atoms with E-state index in [0.29, 0.717) is 11.4 Å². The second-order valence-electron chi connectivity index (χ2n) is 4.68. The monoisotopic (exact) mass is 323 g/mol. The largest absolute Gasteiger partial charge is 0.506 e. The third-order valence-electron chi connectivity index (χ3n) is 3.15. The molecule has 6 nitrogen and oxygen atoms in total. The molecule has 0 bridgehead atoms. The number of hydrogen-bond acceptors (Lipinski definition) is 6. The number of benzene rings is 1. The first-order chi connectivity index (χ1) is 10.1. The highest BCUT2D eigenvalue weighted by Gasteiger charge is 2.16. The number of pyridine rings is 1. The molecule has 1 heterocycles. The van der Waals surface area contributed by atoms with Crippen LogP contribution in [0, 0.1) is 13.8 Å². The van der Waals surface area contributed by atoms with Crippen LogP contribution in [0.25, 0.3) is 0 Å². The molecule has 0 atom stereocenters. The first-order valence-corrected chi connectivity index (χ1v) is 6.48. The summed E-state index contributed by atoms with van der Waals surface area (Å²) in [5, 5.41) is 36.7. The molecule has 3 N–H and O–H groups in total. The third kappa shape index (κ3) is 3.79. The van der Waals surface area contributed by atoms with Gasteiger partial charge in [-0.15, -0.1) is 22.6 Å². The van der Waals surface area contributed by atoms with Gasteiger partial charge in [-0.1, -0.05) is 17.7 Å². The van der Waals surface area contributed by atoms with Gasteiger partial charge in [0.2, 0.25) is 0 Å². The quantitative estimate of drug-likeness (QED) is 0.752. The third-order valence-corrected chi connectivity index (χ3v) is 3.15. The Morgan fingerprint density at radius 3 is 2.09 bits per heavy atom. The van der Waals surface area contributed by atoms with Crippen LogP contribution >= 0.6 is 12.4 Å². The maximum Gasteiger partial charge on any atom is 0.180 e. The predicted octanol–water partition coefficient (Wildman–Crippen LogP) is 3.23. The molecule has 0 unspecified atom stereocenters. The van der Waals surface area contributed by atoms with E-state index in [-0.39, 0.29) is 41.7 Å². The van der Waals surface area contributed by atoms with Crippen molar-refractivity contribution < 1.29 is 15.3 Å². The molecule has 2 aromatic rings. The molecule has 0 aliphatic carbocycles. The topological polar surface area (TPSA) is 98.3 Å². The van der Waals surface area contributed by atoms with Gasteiger partial charge in [-0.2, -0.15) is 0 Å². The average Bonchev–Trinajstić information content (AvgIpc) is 2.49. The van der Waals surface area contributed by atoms with Crippen LogP contribution in [-0.2, 0) is 13.2 Å². The molecule has 1 aromatic carbocycles. The van der Waals surface area contributed by atoms with Crippen LogP contribution in [0.5, 0.6) is 5.75 Å². The van der Waals surface area contributed by atoms with E-state index in [9.17, 15) is 15.3 Å². The van der Waals surface area contributed by atoms with Crippen LogP contribution in [0.4, 0.5) is 11.5 Å². The lowest BCUT2D eigenvalue weighted by Gasteiger charge is -2.11. The van der Waals surface area contributed by atoms with Crippen LogP contribution in [0.2, 0.25) is 0 Å². The second-order valence-corrected chi connectivity index (χ2v) is 4.68. The Balaban J connectivity index is 0.00000242. The Kier molecular flexibility index (Phi) is 6.42. The van der Waals surface area contributed by atoms with Gasteiger partial charge in [0.15, 0.2) is 5.82 Å². The van der Waals surface area contributed by atoms with E-state index in [1.165, 1.54) is 0 Å². The van der Waals surface area contributed by atoms with E-state index in [2.05, 4.69) is 15.2 Å². The molecule has 118 valence electrons. The number of halogens is 1. The lowest BCUT2D eigenvalue weighted by atomic mass is 10.1. The molecule has 0 saturated carbocycles. The van der Waals surface area contributed by atoms with Crippen molar-refractivity contribution in [3.05, 3.63) is 46.6 Å². The predicted molar refractivity (Wildman–Crippen MR) is 85.1 cm³/mol. The van der Waals surface area contributed by atoms with E-state index in [1.54, 1.807) is 6.92 Å². The summed E-state index contributed by atoms with van der Waals surface area (Å²) in [6.45, 7) is 2.78. The minimum absolute atomic E-state index is 0. The van der Waals surface area contributed by atoms with Gasteiger partial charge in [-0.05, 0) is 26.0 Å². The Morgan fingerprint density at radius 2 is 1.55 bits per heavy atom. The minimum atomic E-state index is -0.405. The summed E-state index contributed by atoms with van der Waals surface area (Å²) in [5.41, 5.74) is 2.60. The molecule has 1 aromatic heterocycles. The fraction of sp³-hybridized carbons (Fsp3) is 0.267. The summed E-state index contributed by atoms with van der Waals surface area (Å²) in [5.74, 6) is 0.0632. The number of rotatable bonds is 4. The summed E-state index contributed by atoms with van der Waals surface area (Å²) in [6.07, 6.45) is 0. The van der Waals surface area contributed by atoms with Crippen molar-refractivity contribution in [1.82, 2.24) is 4.98 Å². The number of hydrogen-bond donors (Lipinski definition) is 3. The van der Waals surface area contributed by atoms with Crippen molar-refractivity contribution in [2.45, 2.75) is 27.1 Å². The summed E-state index contributed by atoms with van der Waals surface area (Å²) in [4.78, 5) is 4.10. The Morgan fingerprint density at radius 1 is 0.955 bits per heavy atom. The fourth-order valence-corrected chi connectivity index (χ4v) is 1.91. The molecule has 0 radical (unpaired) electrons. The van der Waals surface area contributed by atoms with E-state index in [1.807, 2.05) is 31.2 Å². The molecule has 22 heavy (non-hydrogen) atoms. The van der Waals surface area contributed by atoms with Crippen LogP contribution in [0.15, 0.2) is 34.5 Å². The molecule has 0 amide bonds. The Bertz CT molecular complexity index is 673. The smallest absolute Gasteiger partial charge is 0.180 e. The maximum absolute atomic E-state index is 9.84. The van der Waals surface area contributed by atoms with Gasteiger partial charge >= 0.3 is 0 Å². The summed E-state index contributed by atoms with van der Waals surface area (Å²) in [6, 6.07) is 7.46. The van der Waals surface area contributed by atoms with Gasteiger partial charge in [0.05, 0.1) is 24.6 Å². The van der Waals surface area contributed by atoms with Gasteiger partial charge < -0.3 is 15.3 Å². The summed E-state index contributed by atoms with van der Waals surface area (Å²) in [7, 11) is 0. The molecule has 0 saturated heterocycles. The van der Waals surface area contributed by atoms with Gasteiger partial charge in [0, 0.05) is 11.1 Å². The number of aliphatic hydroxyl groups excluding tert-OH is 2. The van der Waals surface area contributed by atoms with E-state index in [4.69, 9.17) is 0 Å². The molecule has 0 fully saturated rings. The van der Waals surface area contributed by atoms with Gasteiger partial charge in [0.25, 0.3) is 0 Å². The number of azo groups is 1. The normalized spacial score (nSPS) is 10.7. The number of nitrogens with zero attached hydrogens (tertiary/aromatic N) is 3. The maximum atomic E-state index is 9.84. The van der Waals surface area contributed by atoms with Crippen molar-refractivity contribution in [1.29, 1.82) is 0 Å². The lowest BCUT2D eigenvalue weighted by molar-refractivity contribution is 0.254. The molecule has 0 aliphatic rings. The Labute approximate surface area is 134 Å². The van der Waals surface area contributed by atoms with Crippen molar-refractivity contribution in [2.24, 2.45) is 10.2 Å². The van der Waals surface area contributed by atoms with Gasteiger partial charge in [0.1, 0.15) is 5.75 Å². The van der Waals surface area contributed by atoms with Crippen molar-refractivity contribution >= 4 is 23.9 Å². The molecule has 2 rings (SSSR count). The first kappa shape index (κ1) is 18.0. The number of aliphatic hydroxyl groups is 2. The van der Waals surface area contributed by atoms with Crippen LogP contribution in [0.3, 0.4) is 0 Å². The SMILES string of the molecule is Cc1ccc(N=Nc2nc(C)c(O)c(CO)c2CO)cc1.Cl. The van der Waals surface area contributed by atoms with Crippen LogP contribution in [-0.4, -0.2) is 20.3 Å². The number of aromatic nitrogens is 1. The molecular formula is C15H18ClN3O3. The van der Waals surface area contributed by atoms with Crippen LogP contribution in [0.1, 0.15) is 22.4 Å². The fourth-order valence-electron chi connectivity index (χ4n) is 1.91. The standard InChI is InChI=1S/C15H17N3O3.ClH/c1-9-3-5-11(6-4-9)17-18-15-13(8-20)12(7-19)14(21)10(2)16-15;/h3-6,19-21H,7-8H2,1-2H3;1H. The lowest BCUT2D eigenvalue weighted by Crippen LogP contribution is -2.00. The summed E-state index contributed by atoms with van der Waals surface area (Å²) < 4.78 is 0. The first-order valence-electron chi connectivity index (χ1n) is 6.48. The van der Waals surface area contributed by atoms with Gasteiger partial charge in [-0.25, -0.2) is 4.98 Å². The van der Waals surface area contributed by atoms with E-state index in [0.717, 1.165) is 5.56 Å². The zero-order valence-corrected chi connectivity index (χ0v) is 13.1. The summed E-state index contributed by atoms with van der Waals surface area (Å²) >= 11 is 0. The van der Waals surface area contributed by atoms with Gasteiger partial charge in [-0.3, -0.25) is 0 Å². The number of aryl methyl sites for hydroxylation is 2. The average molecular weight is 324 g/mol. The molecular weight excluding hydrogens is 306 g/mol. The van der Waals surface area contributed by atoms with E-state index >= 15 is 0 Å². The molecule has 7 heteroatoms. The van der Waals surface area contributed by atoms with Crippen molar-refractivity contribution in [2.75, 3.05) is 0 Å². The molecule has 0 aliphatic heterocycles. The zero-order chi connectivity index (χ0) is 15.4. The zero-order valence-electron chi connectivity index (χ0n) is 12.3. The van der Waals surface area contributed by atoms with Crippen molar-refractivity contribution in [3.8, 4) is 5.75 Å². The number of aromatic hydroxyl groups is 1. The minimum Gasteiger partial charge on any atom is -0.506 e. The van der Waals surface area contributed by atoms with E-state index < -0.39 is 6.61 Å². The van der Waals surface area contributed by atoms with Crippen molar-refractivity contribution in [3.63, 3.8) is 0 Å².